The smallest absolute Gasteiger partial charge is 0.246 e. The molecule has 3 N–H and O–H groups in total. The van der Waals surface area contributed by atoms with Crippen molar-refractivity contribution in [3.05, 3.63) is 23.8 Å². The molecule has 188 valence electrons. The van der Waals surface area contributed by atoms with Gasteiger partial charge in [-0.15, -0.1) is 0 Å². The Morgan fingerprint density at radius 2 is 1.97 bits per heavy atom. The van der Waals surface area contributed by atoms with E-state index in [-0.39, 0.29) is 60.3 Å². The van der Waals surface area contributed by atoms with E-state index in [0.29, 0.717) is 12.3 Å². The molecule has 1 aliphatic heterocycles. The van der Waals surface area contributed by atoms with E-state index in [4.69, 9.17) is 14.2 Å². The molecule has 1 aromatic carbocycles. The maximum Gasteiger partial charge on any atom is 0.246 e. The minimum atomic E-state index is -0.595. The van der Waals surface area contributed by atoms with Crippen molar-refractivity contribution in [3.8, 4) is 11.5 Å². The van der Waals surface area contributed by atoms with Crippen LogP contribution in [0.5, 0.6) is 11.5 Å². The van der Waals surface area contributed by atoms with Crippen LogP contribution in [0.15, 0.2) is 18.2 Å². The maximum absolute atomic E-state index is 13.0. The highest BCUT2D eigenvalue weighted by atomic mass is 16.7. The van der Waals surface area contributed by atoms with E-state index in [1.165, 1.54) is 7.11 Å². The van der Waals surface area contributed by atoms with Crippen molar-refractivity contribution in [2.75, 3.05) is 20.5 Å². The van der Waals surface area contributed by atoms with E-state index in [1.807, 2.05) is 25.1 Å². The van der Waals surface area contributed by atoms with Crippen molar-refractivity contribution in [1.29, 1.82) is 0 Å². The van der Waals surface area contributed by atoms with Crippen molar-refractivity contribution in [1.82, 2.24) is 10.6 Å². The van der Waals surface area contributed by atoms with Gasteiger partial charge < -0.3 is 30.0 Å². The zero-order chi connectivity index (χ0) is 24.5. The number of aliphatic hydroxyl groups excluding tert-OH is 1. The number of fused-ring (bicyclic) bond motifs is 2. The summed E-state index contributed by atoms with van der Waals surface area (Å²) in [4.78, 5) is 25.2. The summed E-state index contributed by atoms with van der Waals surface area (Å²) in [6, 6.07) is 5.66. The van der Waals surface area contributed by atoms with E-state index >= 15 is 0 Å². The second kappa shape index (κ2) is 10.1. The molecule has 2 saturated carbocycles. The lowest BCUT2D eigenvalue weighted by Gasteiger charge is -2.56. The predicted molar refractivity (Wildman–Crippen MR) is 126 cm³/mol. The Labute approximate surface area is 201 Å². The Hall–Kier alpha value is -2.32. The number of carbonyl (C=O) groups is 2. The molecule has 1 heterocycles. The number of benzene rings is 1. The first-order valence-corrected chi connectivity index (χ1v) is 12.4. The van der Waals surface area contributed by atoms with E-state index in [0.717, 1.165) is 37.0 Å². The third kappa shape index (κ3) is 4.89. The second-order valence-electron chi connectivity index (χ2n) is 10.6. The molecule has 3 aliphatic rings. The van der Waals surface area contributed by atoms with Crippen LogP contribution in [-0.2, 0) is 20.9 Å². The number of aliphatic hydroxyl groups is 1. The normalized spacial score (nSPS) is 33.0. The number of hydrogen-bond acceptors (Lipinski definition) is 6. The highest BCUT2D eigenvalue weighted by molar-refractivity contribution is 5.79. The molecule has 34 heavy (non-hydrogen) atoms. The summed E-state index contributed by atoms with van der Waals surface area (Å²) >= 11 is 0. The van der Waals surface area contributed by atoms with Gasteiger partial charge in [-0.3, -0.25) is 9.59 Å². The molecule has 0 saturated heterocycles. The molecule has 0 spiro atoms. The molecule has 0 radical (unpaired) electrons. The zero-order valence-corrected chi connectivity index (χ0v) is 20.6. The average Bonchev–Trinajstić information content (AvgIpc) is 3.27. The fourth-order valence-electron chi connectivity index (χ4n) is 6.47. The second-order valence-corrected chi connectivity index (χ2v) is 10.6. The maximum atomic E-state index is 13.0. The first-order chi connectivity index (χ1) is 16.2. The van der Waals surface area contributed by atoms with Crippen LogP contribution in [0.3, 0.4) is 0 Å². The van der Waals surface area contributed by atoms with Crippen LogP contribution in [0.25, 0.3) is 0 Å². The Morgan fingerprint density at radius 3 is 2.74 bits per heavy atom. The summed E-state index contributed by atoms with van der Waals surface area (Å²) in [5.41, 5.74) is 0.956. The quantitative estimate of drug-likeness (QED) is 0.561. The van der Waals surface area contributed by atoms with Gasteiger partial charge in [-0.2, -0.15) is 0 Å². The lowest BCUT2D eigenvalue weighted by molar-refractivity contribution is -0.144. The average molecular weight is 475 g/mol. The molecule has 8 nitrogen and oxygen atoms in total. The number of amides is 2. The molecule has 4 rings (SSSR count). The highest BCUT2D eigenvalue weighted by Gasteiger charge is 2.53. The molecule has 2 amide bonds. The molecule has 0 bridgehead atoms. The van der Waals surface area contributed by atoms with Gasteiger partial charge in [-0.05, 0) is 66.5 Å². The molecule has 7 atom stereocenters. The fourth-order valence-corrected chi connectivity index (χ4v) is 6.47. The Morgan fingerprint density at radius 1 is 1.24 bits per heavy atom. The molecule has 2 fully saturated rings. The molecule has 0 aromatic heterocycles. The highest BCUT2D eigenvalue weighted by Crippen LogP contribution is 2.55. The minimum absolute atomic E-state index is 0.00395. The number of methoxy groups -OCH3 is 1. The third-order valence-electron chi connectivity index (χ3n) is 8.47. The molecule has 0 unspecified atom stereocenters. The van der Waals surface area contributed by atoms with Gasteiger partial charge in [0.05, 0.1) is 6.10 Å². The lowest BCUT2D eigenvalue weighted by Crippen LogP contribution is -2.58. The molecule has 1 aromatic rings. The van der Waals surface area contributed by atoms with E-state index < -0.39 is 6.10 Å². The third-order valence-corrected chi connectivity index (χ3v) is 8.47. The van der Waals surface area contributed by atoms with Gasteiger partial charge in [-0.25, -0.2) is 0 Å². The molecule has 8 heteroatoms. The minimum Gasteiger partial charge on any atom is -0.454 e. The van der Waals surface area contributed by atoms with Gasteiger partial charge in [0.1, 0.15) is 6.61 Å². The molecule has 2 aliphatic carbocycles. The zero-order valence-electron chi connectivity index (χ0n) is 20.6. The van der Waals surface area contributed by atoms with Crippen molar-refractivity contribution in [2.45, 2.75) is 65.1 Å². The standard InChI is InChI=1S/C26H38N2O6/c1-15(25(31)27-12-17-5-6-20-21(11-17)34-14-33-20)18-7-9-26(3)10-8-19(28-22(29)13-32-4)16(2)23(26)24(18)30/h5-6,11,15-16,18-19,23-24,30H,7-10,12-14H2,1-4H3,(H,27,31)(H,28,29)/t15-,16-,18-,19-,23+,24-,26+/m0/s1. The number of rotatable bonds is 7. The Bertz CT molecular complexity index is 907. The van der Waals surface area contributed by atoms with Gasteiger partial charge >= 0.3 is 0 Å². The predicted octanol–water partition coefficient (Wildman–Crippen LogP) is 2.62. The van der Waals surface area contributed by atoms with Gasteiger partial charge in [0.15, 0.2) is 11.5 Å². The Kier molecular flexibility index (Phi) is 7.38. The molecular weight excluding hydrogens is 436 g/mol. The summed E-state index contributed by atoms with van der Waals surface area (Å²) < 4.78 is 15.7. The number of ether oxygens (including phenoxy) is 3. The van der Waals surface area contributed by atoms with Crippen LogP contribution in [0, 0.1) is 29.1 Å². The SMILES string of the molecule is COCC(=O)N[C@H]1CC[C@@]2(C)CC[C@@H]([C@H](C)C(=O)NCc3ccc4c(c3)OCO4)[C@H](O)[C@H]2[C@H]1C. The van der Waals surface area contributed by atoms with Gasteiger partial charge in [0.25, 0.3) is 0 Å². The summed E-state index contributed by atoms with van der Waals surface area (Å²) in [5, 5.41) is 17.6. The van der Waals surface area contributed by atoms with Crippen molar-refractivity contribution >= 4 is 11.8 Å². The Balaban J connectivity index is 1.39. The van der Waals surface area contributed by atoms with Crippen molar-refractivity contribution in [3.63, 3.8) is 0 Å². The summed E-state index contributed by atoms with van der Waals surface area (Å²) in [7, 11) is 1.51. The summed E-state index contributed by atoms with van der Waals surface area (Å²) in [5.74, 6) is 0.934. The monoisotopic (exact) mass is 474 g/mol. The fraction of sp³-hybridized carbons (Fsp3) is 0.692. The van der Waals surface area contributed by atoms with Crippen LogP contribution in [-0.4, -0.2) is 49.6 Å². The van der Waals surface area contributed by atoms with Gasteiger partial charge in [0.2, 0.25) is 18.6 Å². The number of carbonyl (C=O) groups excluding carboxylic acids is 2. The van der Waals surface area contributed by atoms with Gasteiger partial charge in [-0.1, -0.05) is 26.8 Å². The van der Waals surface area contributed by atoms with Crippen LogP contribution in [0.1, 0.15) is 52.0 Å². The van der Waals surface area contributed by atoms with Crippen LogP contribution >= 0.6 is 0 Å². The van der Waals surface area contributed by atoms with Crippen molar-refractivity contribution in [2.24, 2.45) is 29.1 Å². The first-order valence-electron chi connectivity index (χ1n) is 12.4. The largest absolute Gasteiger partial charge is 0.454 e. The topological polar surface area (TPSA) is 106 Å². The van der Waals surface area contributed by atoms with Gasteiger partial charge in [0, 0.05) is 25.6 Å². The van der Waals surface area contributed by atoms with Crippen LogP contribution in [0.2, 0.25) is 0 Å². The van der Waals surface area contributed by atoms with Crippen LogP contribution < -0.4 is 20.1 Å². The lowest BCUT2D eigenvalue weighted by atomic mass is 9.51. The summed E-state index contributed by atoms with van der Waals surface area (Å²) in [6.45, 7) is 6.94. The number of nitrogens with one attached hydrogen (secondary N) is 2. The van der Waals surface area contributed by atoms with Crippen LogP contribution in [0.4, 0.5) is 0 Å². The van der Waals surface area contributed by atoms with E-state index in [1.54, 1.807) is 0 Å². The summed E-state index contributed by atoms with van der Waals surface area (Å²) in [6.07, 6.45) is 3.05. The van der Waals surface area contributed by atoms with E-state index in [9.17, 15) is 14.7 Å². The first kappa shape index (κ1) is 24.8. The van der Waals surface area contributed by atoms with Crippen molar-refractivity contribution < 1.29 is 28.9 Å². The molecular formula is C26H38N2O6. The van der Waals surface area contributed by atoms with E-state index in [2.05, 4.69) is 24.5 Å². The number of hydrogen-bond donors (Lipinski definition) is 3.